The summed E-state index contributed by atoms with van der Waals surface area (Å²) in [5.74, 6) is 0. The Bertz CT molecular complexity index is 163. The molecule has 1 fully saturated rings. The van der Waals surface area contributed by atoms with Crippen molar-refractivity contribution in [3.63, 3.8) is 0 Å². The van der Waals surface area contributed by atoms with Crippen LogP contribution < -0.4 is 0 Å². The molecule has 1 heterocycles. The number of alkyl halides is 1. The van der Waals surface area contributed by atoms with E-state index in [2.05, 4.69) is 22.9 Å². The van der Waals surface area contributed by atoms with Crippen LogP contribution >= 0.6 is 15.9 Å². The molecule has 2 atom stereocenters. The van der Waals surface area contributed by atoms with Crippen LogP contribution in [0.3, 0.4) is 0 Å². The summed E-state index contributed by atoms with van der Waals surface area (Å²) in [6, 6.07) is 0. The lowest BCUT2D eigenvalue weighted by Crippen LogP contribution is -2.30. The minimum Gasteiger partial charge on any atom is -0.382 e. The molecular formula is C11H21BrO2. The predicted molar refractivity (Wildman–Crippen MR) is 62.0 cm³/mol. The molecule has 0 bridgehead atoms. The number of rotatable bonds is 6. The lowest BCUT2D eigenvalue weighted by Gasteiger charge is -2.30. The van der Waals surface area contributed by atoms with E-state index in [0.717, 1.165) is 31.6 Å². The van der Waals surface area contributed by atoms with E-state index in [9.17, 15) is 0 Å². The van der Waals surface area contributed by atoms with Crippen LogP contribution in [0.4, 0.5) is 0 Å². The maximum absolute atomic E-state index is 5.65. The van der Waals surface area contributed by atoms with Gasteiger partial charge in [0.05, 0.1) is 6.10 Å². The highest BCUT2D eigenvalue weighted by Gasteiger charge is 2.39. The van der Waals surface area contributed by atoms with Gasteiger partial charge in [0.15, 0.2) is 0 Å². The van der Waals surface area contributed by atoms with Gasteiger partial charge >= 0.3 is 0 Å². The first-order valence-electron chi connectivity index (χ1n) is 5.50. The first kappa shape index (κ1) is 12.5. The molecule has 0 aromatic carbocycles. The van der Waals surface area contributed by atoms with Crippen molar-refractivity contribution in [2.45, 2.75) is 39.2 Å². The molecule has 0 aromatic heterocycles. The Morgan fingerprint density at radius 3 is 2.86 bits per heavy atom. The number of hydrogen-bond donors (Lipinski definition) is 0. The Balaban J connectivity index is 2.30. The quantitative estimate of drug-likeness (QED) is 0.543. The van der Waals surface area contributed by atoms with Crippen LogP contribution in [0.1, 0.15) is 33.1 Å². The molecule has 1 saturated heterocycles. The zero-order valence-corrected chi connectivity index (χ0v) is 10.8. The Hall–Kier alpha value is 0.400. The van der Waals surface area contributed by atoms with Crippen molar-refractivity contribution >= 4 is 15.9 Å². The Morgan fingerprint density at radius 2 is 2.36 bits per heavy atom. The van der Waals surface area contributed by atoms with Crippen molar-refractivity contribution in [1.82, 2.24) is 0 Å². The second-order valence-corrected chi connectivity index (χ2v) is 4.62. The Kier molecular flexibility index (Phi) is 5.42. The van der Waals surface area contributed by atoms with E-state index in [0.29, 0.717) is 11.5 Å². The molecule has 3 heteroatoms. The number of halogens is 1. The molecule has 2 nitrogen and oxygen atoms in total. The van der Waals surface area contributed by atoms with Gasteiger partial charge in [0, 0.05) is 30.6 Å². The molecule has 0 radical (unpaired) electrons. The van der Waals surface area contributed by atoms with Gasteiger partial charge < -0.3 is 9.47 Å². The van der Waals surface area contributed by atoms with Gasteiger partial charge in [0.1, 0.15) is 0 Å². The van der Waals surface area contributed by atoms with Crippen molar-refractivity contribution in [2.24, 2.45) is 5.41 Å². The third-order valence-corrected chi connectivity index (χ3v) is 4.38. The smallest absolute Gasteiger partial charge is 0.0612 e. The van der Waals surface area contributed by atoms with E-state index >= 15 is 0 Å². The molecule has 0 amide bonds. The average molecular weight is 265 g/mol. The molecule has 1 aliphatic rings. The molecule has 0 aromatic rings. The van der Waals surface area contributed by atoms with Gasteiger partial charge in [-0.2, -0.15) is 0 Å². The van der Waals surface area contributed by atoms with E-state index in [1.54, 1.807) is 0 Å². The molecule has 0 aliphatic carbocycles. The minimum absolute atomic E-state index is 0.358. The third kappa shape index (κ3) is 2.94. The van der Waals surface area contributed by atoms with Gasteiger partial charge in [0.2, 0.25) is 0 Å². The van der Waals surface area contributed by atoms with Crippen LogP contribution in [0.25, 0.3) is 0 Å². The monoisotopic (exact) mass is 264 g/mol. The molecule has 84 valence electrons. The van der Waals surface area contributed by atoms with Gasteiger partial charge in [-0.05, 0) is 33.1 Å². The van der Waals surface area contributed by atoms with Gasteiger partial charge in [-0.1, -0.05) is 15.9 Å². The van der Waals surface area contributed by atoms with Gasteiger partial charge in [-0.15, -0.1) is 0 Å². The molecule has 1 rings (SSSR count). The normalized spacial score (nSPS) is 32.4. The second-order valence-electron chi connectivity index (χ2n) is 4.06. The van der Waals surface area contributed by atoms with Crippen molar-refractivity contribution in [1.29, 1.82) is 0 Å². The average Bonchev–Trinajstić information content (AvgIpc) is 2.56. The topological polar surface area (TPSA) is 18.5 Å². The van der Waals surface area contributed by atoms with E-state index in [1.165, 1.54) is 12.8 Å². The van der Waals surface area contributed by atoms with Crippen molar-refractivity contribution < 1.29 is 9.47 Å². The highest BCUT2D eigenvalue weighted by atomic mass is 79.9. The molecule has 2 unspecified atom stereocenters. The SMILES string of the molecule is CCOCCCC1(CBr)CCOC1C. The second kappa shape index (κ2) is 6.09. The Labute approximate surface area is 95.5 Å². The lowest BCUT2D eigenvalue weighted by atomic mass is 9.80. The zero-order valence-electron chi connectivity index (χ0n) is 9.22. The fraction of sp³-hybridized carbons (Fsp3) is 1.00. The fourth-order valence-corrected chi connectivity index (χ4v) is 3.08. The predicted octanol–water partition coefficient (Wildman–Crippen LogP) is 2.99. The van der Waals surface area contributed by atoms with E-state index in [-0.39, 0.29) is 0 Å². The van der Waals surface area contributed by atoms with Crippen LogP contribution in [0, 0.1) is 5.41 Å². The summed E-state index contributed by atoms with van der Waals surface area (Å²) in [4.78, 5) is 0. The maximum Gasteiger partial charge on any atom is 0.0612 e. The fourth-order valence-electron chi connectivity index (χ4n) is 2.06. The van der Waals surface area contributed by atoms with E-state index < -0.39 is 0 Å². The summed E-state index contributed by atoms with van der Waals surface area (Å²) >= 11 is 3.62. The van der Waals surface area contributed by atoms with Crippen LogP contribution in [0.15, 0.2) is 0 Å². The van der Waals surface area contributed by atoms with E-state index in [1.807, 2.05) is 6.92 Å². The van der Waals surface area contributed by atoms with E-state index in [4.69, 9.17) is 9.47 Å². The molecule has 1 aliphatic heterocycles. The molecule has 0 saturated carbocycles. The summed E-state index contributed by atoms with van der Waals surface area (Å²) in [5.41, 5.74) is 0.358. The third-order valence-electron chi connectivity index (χ3n) is 3.26. The highest BCUT2D eigenvalue weighted by Crippen LogP contribution is 2.40. The van der Waals surface area contributed by atoms with Crippen LogP contribution in [-0.4, -0.2) is 31.3 Å². The van der Waals surface area contributed by atoms with Crippen LogP contribution in [0.5, 0.6) is 0 Å². The molecule has 0 N–H and O–H groups in total. The van der Waals surface area contributed by atoms with Gasteiger partial charge in [0.25, 0.3) is 0 Å². The maximum atomic E-state index is 5.65. The summed E-state index contributed by atoms with van der Waals surface area (Å²) < 4.78 is 11.0. The number of hydrogen-bond acceptors (Lipinski definition) is 2. The lowest BCUT2D eigenvalue weighted by molar-refractivity contribution is 0.0623. The molecular weight excluding hydrogens is 244 g/mol. The van der Waals surface area contributed by atoms with Crippen molar-refractivity contribution in [3.05, 3.63) is 0 Å². The standard InChI is InChI=1S/C11H21BrO2/c1-3-13-7-4-5-11(9-12)6-8-14-10(11)2/h10H,3-9H2,1-2H3. The van der Waals surface area contributed by atoms with Crippen LogP contribution in [-0.2, 0) is 9.47 Å². The Morgan fingerprint density at radius 1 is 1.57 bits per heavy atom. The summed E-state index contributed by atoms with van der Waals surface area (Å²) in [7, 11) is 0. The number of ether oxygens (including phenoxy) is 2. The first-order chi connectivity index (χ1) is 6.75. The summed E-state index contributed by atoms with van der Waals surface area (Å²) in [6.45, 7) is 6.86. The minimum atomic E-state index is 0.358. The van der Waals surface area contributed by atoms with Crippen molar-refractivity contribution in [3.8, 4) is 0 Å². The zero-order chi connectivity index (χ0) is 10.4. The molecule has 14 heavy (non-hydrogen) atoms. The first-order valence-corrected chi connectivity index (χ1v) is 6.62. The van der Waals surface area contributed by atoms with Crippen molar-refractivity contribution in [2.75, 3.05) is 25.2 Å². The molecule has 0 spiro atoms. The highest BCUT2D eigenvalue weighted by molar-refractivity contribution is 9.09. The van der Waals surface area contributed by atoms with Crippen LogP contribution in [0.2, 0.25) is 0 Å². The largest absolute Gasteiger partial charge is 0.382 e. The summed E-state index contributed by atoms with van der Waals surface area (Å²) in [5, 5.41) is 1.05. The van der Waals surface area contributed by atoms with Gasteiger partial charge in [-0.3, -0.25) is 0 Å². The summed E-state index contributed by atoms with van der Waals surface area (Å²) in [6.07, 6.45) is 3.93. The van der Waals surface area contributed by atoms with Gasteiger partial charge in [-0.25, -0.2) is 0 Å².